The predicted molar refractivity (Wildman–Crippen MR) is 55.0 cm³/mol. The SMILES string of the molecule is NNc1ncc(F)c(N2CCNC(=O)C2)n1. The molecule has 0 atom stereocenters. The van der Waals surface area contributed by atoms with Crippen molar-refractivity contribution in [1.82, 2.24) is 15.3 Å². The highest BCUT2D eigenvalue weighted by Gasteiger charge is 2.21. The highest BCUT2D eigenvalue weighted by molar-refractivity contribution is 5.82. The molecular weight excluding hydrogens is 215 g/mol. The predicted octanol–water partition coefficient (Wildman–Crippen LogP) is -1.16. The number of nitrogen functional groups attached to an aromatic ring is 1. The van der Waals surface area contributed by atoms with E-state index in [0.717, 1.165) is 6.20 Å². The average molecular weight is 226 g/mol. The molecule has 1 aliphatic heterocycles. The van der Waals surface area contributed by atoms with E-state index >= 15 is 0 Å². The van der Waals surface area contributed by atoms with Crippen molar-refractivity contribution >= 4 is 17.7 Å². The van der Waals surface area contributed by atoms with Crippen molar-refractivity contribution in [3.8, 4) is 0 Å². The van der Waals surface area contributed by atoms with Crippen LogP contribution in [0, 0.1) is 5.82 Å². The molecule has 2 rings (SSSR count). The minimum atomic E-state index is -0.575. The number of hydrogen-bond donors (Lipinski definition) is 3. The fourth-order valence-corrected chi connectivity index (χ4v) is 1.47. The molecule has 1 saturated heterocycles. The molecule has 1 aliphatic rings. The number of nitrogens with two attached hydrogens (primary N) is 1. The summed E-state index contributed by atoms with van der Waals surface area (Å²) in [6.07, 6.45) is 1.02. The van der Waals surface area contributed by atoms with Crippen LogP contribution in [0.1, 0.15) is 0 Å². The second-order valence-electron chi connectivity index (χ2n) is 3.28. The Hall–Kier alpha value is -1.96. The van der Waals surface area contributed by atoms with Crippen LogP contribution < -0.4 is 21.5 Å². The first-order chi connectivity index (χ1) is 7.70. The summed E-state index contributed by atoms with van der Waals surface area (Å²) in [7, 11) is 0. The van der Waals surface area contributed by atoms with Gasteiger partial charge in [0, 0.05) is 13.1 Å². The summed E-state index contributed by atoms with van der Waals surface area (Å²) in [5.74, 6) is 4.59. The van der Waals surface area contributed by atoms with Crippen LogP contribution >= 0.6 is 0 Å². The molecule has 1 amide bonds. The molecule has 0 bridgehead atoms. The van der Waals surface area contributed by atoms with Crippen LogP contribution in [0.5, 0.6) is 0 Å². The van der Waals surface area contributed by atoms with Gasteiger partial charge in [-0.05, 0) is 0 Å². The van der Waals surface area contributed by atoms with E-state index in [-0.39, 0.29) is 24.2 Å². The zero-order valence-corrected chi connectivity index (χ0v) is 8.40. The van der Waals surface area contributed by atoms with Crippen molar-refractivity contribution in [2.75, 3.05) is 30.0 Å². The van der Waals surface area contributed by atoms with Crippen molar-refractivity contribution < 1.29 is 9.18 Å². The lowest BCUT2D eigenvalue weighted by molar-refractivity contribution is -0.120. The summed E-state index contributed by atoms with van der Waals surface area (Å²) in [6.45, 7) is 1.05. The van der Waals surface area contributed by atoms with Crippen molar-refractivity contribution in [2.24, 2.45) is 5.84 Å². The van der Waals surface area contributed by atoms with Gasteiger partial charge in [-0.2, -0.15) is 4.98 Å². The number of hydrogen-bond acceptors (Lipinski definition) is 6. The molecule has 4 N–H and O–H groups in total. The third-order valence-electron chi connectivity index (χ3n) is 2.19. The number of rotatable bonds is 2. The number of halogens is 1. The van der Waals surface area contributed by atoms with Gasteiger partial charge in [0.25, 0.3) is 0 Å². The number of piperazine rings is 1. The number of carbonyl (C=O) groups excluding carboxylic acids is 1. The third-order valence-corrected chi connectivity index (χ3v) is 2.19. The molecule has 1 aromatic heterocycles. The molecule has 7 nitrogen and oxygen atoms in total. The van der Waals surface area contributed by atoms with Gasteiger partial charge in [0.05, 0.1) is 12.7 Å². The molecule has 86 valence electrons. The minimum Gasteiger partial charge on any atom is -0.353 e. The molecule has 16 heavy (non-hydrogen) atoms. The maximum atomic E-state index is 13.5. The molecule has 8 heteroatoms. The number of hydrazine groups is 1. The van der Waals surface area contributed by atoms with E-state index in [2.05, 4.69) is 20.7 Å². The van der Waals surface area contributed by atoms with E-state index in [4.69, 9.17) is 5.84 Å². The van der Waals surface area contributed by atoms with Crippen LogP contribution in [0.25, 0.3) is 0 Å². The first-order valence-electron chi connectivity index (χ1n) is 4.71. The lowest BCUT2D eigenvalue weighted by atomic mass is 10.3. The van der Waals surface area contributed by atoms with E-state index in [0.29, 0.717) is 13.1 Å². The smallest absolute Gasteiger partial charge is 0.239 e. The summed E-state index contributed by atoms with van der Waals surface area (Å²) in [4.78, 5) is 20.2. The summed E-state index contributed by atoms with van der Waals surface area (Å²) in [5, 5.41) is 2.64. The number of aromatic nitrogens is 2. The monoisotopic (exact) mass is 226 g/mol. The Kier molecular flexibility index (Phi) is 2.82. The number of nitrogens with zero attached hydrogens (tertiary/aromatic N) is 3. The van der Waals surface area contributed by atoms with Gasteiger partial charge in [-0.1, -0.05) is 0 Å². The van der Waals surface area contributed by atoms with Gasteiger partial charge < -0.3 is 10.2 Å². The van der Waals surface area contributed by atoms with E-state index in [1.54, 1.807) is 0 Å². The number of amides is 1. The van der Waals surface area contributed by atoms with Crippen LogP contribution in [-0.2, 0) is 4.79 Å². The topological polar surface area (TPSA) is 96.2 Å². The second kappa shape index (κ2) is 4.27. The summed E-state index contributed by atoms with van der Waals surface area (Å²) >= 11 is 0. The Bertz CT molecular complexity index is 412. The average Bonchev–Trinajstić information content (AvgIpc) is 2.30. The molecule has 0 aliphatic carbocycles. The Morgan fingerprint density at radius 3 is 3.12 bits per heavy atom. The molecular formula is C8H11FN6O. The van der Waals surface area contributed by atoms with Gasteiger partial charge in [0.1, 0.15) is 0 Å². The van der Waals surface area contributed by atoms with E-state index < -0.39 is 5.82 Å². The van der Waals surface area contributed by atoms with E-state index in [1.807, 2.05) is 0 Å². The van der Waals surface area contributed by atoms with Crippen molar-refractivity contribution in [1.29, 1.82) is 0 Å². The maximum absolute atomic E-state index is 13.5. The normalized spacial score (nSPS) is 15.9. The number of anilines is 2. The molecule has 0 aromatic carbocycles. The van der Waals surface area contributed by atoms with E-state index in [9.17, 15) is 9.18 Å². The van der Waals surface area contributed by atoms with E-state index in [1.165, 1.54) is 4.90 Å². The Labute approximate surface area is 90.8 Å². The maximum Gasteiger partial charge on any atom is 0.239 e. The first-order valence-corrected chi connectivity index (χ1v) is 4.71. The summed E-state index contributed by atoms with van der Waals surface area (Å²) in [5.41, 5.74) is 2.23. The highest BCUT2D eigenvalue weighted by Crippen LogP contribution is 2.17. The number of nitrogens with one attached hydrogen (secondary N) is 2. The number of carbonyl (C=O) groups is 1. The Morgan fingerprint density at radius 2 is 2.44 bits per heavy atom. The van der Waals surface area contributed by atoms with Crippen LogP contribution in [0.2, 0.25) is 0 Å². The fraction of sp³-hybridized carbons (Fsp3) is 0.375. The molecule has 1 fully saturated rings. The molecule has 0 saturated carbocycles. The summed E-state index contributed by atoms with van der Waals surface area (Å²) in [6, 6.07) is 0. The molecule has 0 spiro atoms. The van der Waals surface area contributed by atoms with Crippen molar-refractivity contribution in [3.05, 3.63) is 12.0 Å². The molecule has 2 heterocycles. The van der Waals surface area contributed by atoms with Crippen LogP contribution in [0.15, 0.2) is 6.20 Å². The molecule has 0 unspecified atom stereocenters. The lowest BCUT2D eigenvalue weighted by Crippen LogP contribution is -2.48. The standard InChI is InChI=1S/C8H11FN6O/c9-5-3-12-8(14-10)13-7(5)15-2-1-11-6(16)4-15/h3H,1-2,4,10H2,(H,11,16)(H,12,13,14). The molecule has 1 aromatic rings. The first kappa shape index (κ1) is 10.6. The van der Waals surface area contributed by atoms with Crippen LogP contribution in [-0.4, -0.2) is 35.5 Å². The van der Waals surface area contributed by atoms with Gasteiger partial charge >= 0.3 is 0 Å². The van der Waals surface area contributed by atoms with Crippen molar-refractivity contribution in [3.63, 3.8) is 0 Å². The lowest BCUT2D eigenvalue weighted by Gasteiger charge is -2.27. The largest absolute Gasteiger partial charge is 0.353 e. The zero-order valence-electron chi connectivity index (χ0n) is 8.40. The highest BCUT2D eigenvalue weighted by atomic mass is 19.1. The van der Waals surface area contributed by atoms with Gasteiger partial charge in [0.2, 0.25) is 11.9 Å². The fourth-order valence-electron chi connectivity index (χ4n) is 1.47. The van der Waals surface area contributed by atoms with Crippen LogP contribution in [0.3, 0.4) is 0 Å². The molecule has 0 radical (unpaired) electrons. The Balaban J connectivity index is 2.27. The van der Waals surface area contributed by atoms with Gasteiger partial charge in [-0.3, -0.25) is 10.2 Å². The summed E-state index contributed by atoms with van der Waals surface area (Å²) < 4.78 is 13.5. The minimum absolute atomic E-state index is 0.0813. The second-order valence-corrected chi connectivity index (χ2v) is 3.28. The van der Waals surface area contributed by atoms with Gasteiger partial charge in [0.15, 0.2) is 11.6 Å². The van der Waals surface area contributed by atoms with Crippen molar-refractivity contribution in [2.45, 2.75) is 0 Å². The third kappa shape index (κ3) is 2.01. The quantitative estimate of drug-likeness (QED) is 0.434. The zero-order chi connectivity index (χ0) is 11.5. The Morgan fingerprint density at radius 1 is 1.62 bits per heavy atom. The van der Waals surface area contributed by atoms with Gasteiger partial charge in [-0.15, -0.1) is 0 Å². The van der Waals surface area contributed by atoms with Crippen LogP contribution in [0.4, 0.5) is 16.2 Å². The van der Waals surface area contributed by atoms with Gasteiger partial charge in [-0.25, -0.2) is 15.2 Å².